The second kappa shape index (κ2) is 5.91. The molecule has 3 rings (SSSR count). The van der Waals surface area contributed by atoms with Crippen molar-refractivity contribution in [2.24, 2.45) is 11.1 Å². The first-order valence-electron chi connectivity index (χ1n) is 7.33. The molecule has 3 atom stereocenters. The van der Waals surface area contributed by atoms with Gasteiger partial charge in [0, 0.05) is 22.9 Å². The number of hydrogen-bond donors (Lipinski definition) is 2. The van der Waals surface area contributed by atoms with E-state index in [1.807, 2.05) is 30.3 Å². The van der Waals surface area contributed by atoms with E-state index in [-0.39, 0.29) is 24.0 Å². The van der Waals surface area contributed by atoms with E-state index in [2.05, 4.69) is 0 Å². The highest BCUT2D eigenvalue weighted by molar-refractivity contribution is 7.92. The SMILES string of the molecule is NCC1(CO)C(c2ccccc2)C1S(=O)(=O)c1ccc(Cl)cc1. The lowest BCUT2D eigenvalue weighted by molar-refractivity contribution is 0.212. The Kier molecular flexibility index (Phi) is 4.23. The van der Waals surface area contributed by atoms with Crippen LogP contribution < -0.4 is 5.73 Å². The summed E-state index contributed by atoms with van der Waals surface area (Å²) in [5, 5.41) is 9.60. The molecule has 3 unspecified atom stereocenters. The summed E-state index contributed by atoms with van der Waals surface area (Å²) in [6, 6.07) is 15.4. The van der Waals surface area contributed by atoms with Crippen LogP contribution in [0.15, 0.2) is 59.5 Å². The Morgan fingerprint density at radius 2 is 1.70 bits per heavy atom. The molecule has 0 saturated heterocycles. The maximum Gasteiger partial charge on any atom is 0.182 e. The zero-order valence-corrected chi connectivity index (χ0v) is 14.0. The standard InChI is InChI=1S/C17H18ClNO3S/c18-13-6-8-14(9-7-13)23(21,22)16-15(17(16,10-19)11-20)12-4-2-1-3-5-12/h1-9,15-16,20H,10-11,19H2. The minimum Gasteiger partial charge on any atom is -0.396 e. The van der Waals surface area contributed by atoms with Gasteiger partial charge in [0.05, 0.1) is 16.8 Å². The second-order valence-electron chi connectivity index (χ2n) is 5.90. The van der Waals surface area contributed by atoms with Gasteiger partial charge in [-0.2, -0.15) is 0 Å². The van der Waals surface area contributed by atoms with E-state index in [1.54, 1.807) is 12.1 Å². The summed E-state index contributed by atoms with van der Waals surface area (Å²) in [6.07, 6.45) is 0. The fourth-order valence-corrected chi connectivity index (χ4v) is 5.95. The molecule has 6 heteroatoms. The summed E-state index contributed by atoms with van der Waals surface area (Å²) in [4.78, 5) is 0.205. The minimum atomic E-state index is -3.61. The number of sulfone groups is 1. The predicted molar refractivity (Wildman–Crippen MR) is 90.2 cm³/mol. The molecule has 0 aromatic heterocycles. The van der Waals surface area contributed by atoms with Gasteiger partial charge in [-0.25, -0.2) is 8.42 Å². The van der Waals surface area contributed by atoms with Crippen LogP contribution in [0, 0.1) is 5.41 Å². The van der Waals surface area contributed by atoms with Crippen molar-refractivity contribution in [2.45, 2.75) is 16.1 Å². The van der Waals surface area contributed by atoms with Gasteiger partial charge in [0.25, 0.3) is 0 Å². The Morgan fingerprint density at radius 3 is 2.22 bits per heavy atom. The molecule has 23 heavy (non-hydrogen) atoms. The van der Waals surface area contributed by atoms with Crippen molar-refractivity contribution in [1.82, 2.24) is 0 Å². The lowest BCUT2D eigenvalue weighted by atomic mass is 10.0. The molecule has 0 spiro atoms. The van der Waals surface area contributed by atoms with E-state index in [1.165, 1.54) is 12.1 Å². The largest absolute Gasteiger partial charge is 0.396 e. The van der Waals surface area contributed by atoms with Crippen LogP contribution in [-0.2, 0) is 9.84 Å². The molecule has 1 aliphatic rings. The van der Waals surface area contributed by atoms with Crippen LogP contribution in [0.4, 0.5) is 0 Å². The van der Waals surface area contributed by atoms with Crippen molar-refractivity contribution in [3.8, 4) is 0 Å². The van der Waals surface area contributed by atoms with Gasteiger partial charge >= 0.3 is 0 Å². The third-order valence-corrected chi connectivity index (χ3v) is 7.28. The number of rotatable bonds is 5. The van der Waals surface area contributed by atoms with Crippen LogP contribution in [0.2, 0.25) is 5.02 Å². The Balaban J connectivity index is 2.05. The molecule has 1 saturated carbocycles. The molecule has 0 aliphatic heterocycles. The number of benzene rings is 2. The monoisotopic (exact) mass is 351 g/mol. The van der Waals surface area contributed by atoms with Crippen molar-refractivity contribution in [1.29, 1.82) is 0 Å². The molecule has 0 bridgehead atoms. The molecule has 2 aromatic carbocycles. The predicted octanol–water partition coefficient (Wildman–Crippen LogP) is 2.22. The van der Waals surface area contributed by atoms with Crippen LogP contribution in [0.1, 0.15) is 11.5 Å². The Hall–Kier alpha value is -1.40. The first kappa shape index (κ1) is 16.5. The highest BCUT2D eigenvalue weighted by Crippen LogP contribution is 2.63. The molecule has 3 N–H and O–H groups in total. The fraction of sp³-hybridized carbons (Fsp3) is 0.294. The third-order valence-electron chi connectivity index (χ3n) is 4.69. The molecule has 1 fully saturated rings. The van der Waals surface area contributed by atoms with Crippen molar-refractivity contribution in [3.05, 3.63) is 65.2 Å². The summed E-state index contributed by atoms with van der Waals surface area (Å²) >= 11 is 5.84. The van der Waals surface area contributed by atoms with E-state index >= 15 is 0 Å². The van der Waals surface area contributed by atoms with E-state index in [4.69, 9.17) is 17.3 Å². The summed E-state index contributed by atoms with van der Waals surface area (Å²) in [6.45, 7) is -0.152. The average molecular weight is 352 g/mol. The molecule has 122 valence electrons. The van der Waals surface area contributed by atoms with Crippen LogP contribution in [-0.4, -0.2) is 31.9 Å². The molecule has 1 aliphatic carbocycles. The second-order valence-corrected chi connectivity index (χ2v) is 8.41. The number of nitrogens with two attached hydrogens (primary N) is 1. The van der Waals surface area contributed by atoms with E-state index in [0.717, 1.165) is 5.56 Å². The summed E-state index contributed by atoms with van der Waals surface area (Å²) < 4.78 is 26.0. The van der Waals surface area contributed by atoms with E-state index < -0.39 is 20.5 Å². The Labute approximate surface area is 140 Å². The van der Waals surface area contributed by atoms with Gasteiger partial charge in [0.1, 0.15) is 0 Å². The number of aliphatic hydroxyl groups excluding tert-OH is 1. The first-order valence-corrected chi connectivity index (χ1v) is 9.25. The van der Waals surface area contributed by atoms with Gasteiger partial charge in [-0.3, -0.25) is 0 Å². The van der Waals surface area contributed by atoms with E-state index in [0.29, 0.717) is 5.02 Å². The quantitative estimate of drug-likeness (QED) is 0.865. The normalized spacial score (nSPS) is 26.9. The molecule has 2 aromatic rings. The van der Waals surface area contributed by atoms with Gasteiger partial charge in [0.15, 0.2) is 9.84 Å². The van der Waals surface area contributed by atoms with Gasteiger partial charge < -0.3 is 10.8 Å². The molecule has 4 nitrogen and oxygen atoms in total. The molecule has 0 radical (unpaired) electrons. The van der Waals surface area contributed by atoms with Crippen molar-refractivity contribution in [2.75, 3.05) is 13.2 Å². The van der Waals surface area contributed by atoms with Crippen molar-refractivity contribution >= 4 is 21.4 Å². The summed E-state index contributed by atoms with van der Waals surface area (Å²) in [5.41, 5.74) is 5.90. The van der Waals surface area contributed by atoms with Gasteiger partial charge in [0.2, 0.25) is 0 Å². The third kappa shape index (κ3) is 2.58. The molecule has 0 heterocycles. The lowest BCUT2D eigenvalue weighted by Gasteiger charge is -2.12. The maximum absolute atomic E-state index is 13.0. The maximum atomic E-state index is 13.0. The number of halogens is 1. The Morgan fingerprint density at radius 1 is 1.09 bits per heavy atom. The average Bonchev–Trinajstić information content (AvgIpc) is 3.27. The van der Waals surface area contributed by atoms with Gasteiger partial charge in [-0.05, 0) is 29.8 Å². The van der Waals surface area contributed by atoms with Gasteiger partial charge in [-0.15, -0.1) is 0 Å². The number of hydrogen-bond acceptors (Lipinski definition) is 4. The van der Waals surface area contributed by atoms with Crippen molar-refractivity contribution in [3.63, 3.8) is 0 Å². The lowest BCUT2D eigenvalue weighted by Crippen LogP contribution is -2.27. The van der Waals surface area contributed by atoms with Crippen LogP contribution in [0.5, 0.6) is 0 Å². The first-order chi connectivity index (χ1) is 11.0. The Bertz CT molecular complexity index is 786. The summed E-state index contributed by atoms with van der Waals surface area (Å²) in [5.74, 6) is -0.306. The van der Waals surface area contributed by atoms with Crippen molar-refractivity contribution < 1.29 is 13.5 Å². The topological polar surface area (TPSA) is 80.4 Å². The van der Waals surface area contributed by atoms with E-state index in [9.17, 15) is 13.5 Å². The minimum absolute atomic E-state index is 0.112. The summed E-state index contributed by atoms with van der Waals surface area (Å²) in [7, 11) is -3.61. The number of aliphatic hydroxyl groups is 1. The molecule has 0 amide bonds. The highest BCUT2D eigenvalue weighted by atomic mass is 35.5. The zero-order valence-electron chi connectivity index (χ0n) is 12.4. The van der Waals surface area contributed by atoms with Gasteiger partial charge in [-0.1, -0.05) is 41.9 Å². The zero-order chi connectivity index (χ0) is 16.7. The van der Waals surface area contributed by atoms with Crippen LogP contribution in [0.25, 0.3) is 0 Å². The molecular formula is C17H18ClNO3S. The smallest absolute Gasteiger partial charge is 0.182 e. The van der Waals surface area contributed by atoms with Crippen LogP contribution in [0.3, 0.4) is 0 Å². The molecular weight excluding hydrogens is 334 g/mol. The fourth-order valence-electron chi connectivity index (χ4n) is 3.38. The highest BCUT2D eigenvalue weighted by Gasteiger charge is 2.70. The van der Waals surface area contributed by atoms with Crippen LogP contribution >= 0.6 is 11.6 Å².